The molecule has 2 aromatic heterocycles. The number of rotatable bonds is 4. The minimum atomic E-state index is -4.44. The van der Waals surface area contributed by atoms with Crippen molar-refractivity contribution in [3.05, 3.63) is 88.0 Å². The first kappa shape index (κ1) is 24.6. The third-order valence-electron chi connectivity index (χ3n) is 7.08. The molecule has 1 amide bonds. The molecule has 38 heavy (non-hydrogen) atoms. The Morgan fingerprint density at radius 1 is 1.03 bits per heavy atom. The van der Waals surface area contributed by atoms with E-state index in [0.717, 1.165) is 49.1 Å². The average Bonchev–Trinajstić information content (AvgIpc) is 3.53. The molecule has 1 N–H and O–H groups in total. The fraction of sp³-hybridized carbons (Fsp3) is 0.308. The number of halogens is 4. The third-order valence-corrected chi connectivity index (χ3v) is 7.40. The van der Waals surface area contributed by atoms with Crippen LogP contribution in [-0.4, -0.2) is 53.8 Å². The molecule has 4 aromatic rings. The molecule has 3 heterocycles. The van der Waals surface area contributed by atoms with Crippen LogP contribution in [0.2, 0.25) is 5.02 Å². The predicted octanol–water partition coefficient (Wildman–Crippen LogP) is 4.35. The van der Waals surface area contributed by atoms with Gasteiger partial charge in [-0.25, -0.2) is 9.36 Å². The normalized spacial score (nSPS) is 16.7. The molecule has 1 fully saturated rings. The summed E-state index contributed by atoms with van der Waals surface area (Å²) in [5.41, 5.74) is 1.35. The summed E-state index contributed by atoms with van der Waals surface area (Å²) in [5.74, 6) is -0.284. The quantitative estimate of drug-likeness (QED) is 0.414. The lowest BCUT2D eigenvalue weighted by Gasteiger charge is -2.44. The lowest BCUT2D eigenvalue weighted by atomic mass is 9.89. The second-order valence-electron chi connectivity index (χ2n) is 9.63. The van der Waals surface area contributed by atoms with Gasteiger partial charge in [0, 0.05) is 11.3 Å². The Balaban J connectivity index is 1.21. The topological polar surface area (TPSA) is 89.1 Å². The second-order valence-corrected chi connectivity index (χ2v) is 10.0. The van der Waals surface area contributed by atoms with E-state index in [2.05, 4.69) is 15.4 Å². The number of hydrogen-bond acceptors (Lipinski definition) is 5. The molecular formula is C26H22ClF3N6O2. The van der Waals surface area contributed by atoms with E-state index in [1.165, 1.54) is 27.9 Å². The van der Waals surface area contributed by atoms with Crippen molar-refractivity contribution < 1.29 is 23.1 Å². The van der Waals surface area contributed by atoms with Crippen molar-refractivity contribution in [2.45, 2.75) is 37.5 Å². The largest absolute Gasteiger partial charge is 0.416 e. The smallest absolute Gasteiger partial charge is 0.380 e. The van der Waals surface area contributed by atoms with Gasteiger partial charge in [-0.2, -0.15) is 18.3 Å². The zero-order valence-electron chi connectivity index (χ0n) is 20.0. The van der Waals surface area contributed by atoms with Crippen molar-refractivity contribution in [2.24, 2.45) is 0 Å². The van der Waals surface area contributed by atoms with E-state index in [1.807, 2.05) is 18.2 Å². The zero-order chi connectivity index (χ0) is 26.7. The number of hydrogen-bond donors (Lipinski definition) is 1. The molecule has 1 aliphatic heterocycles. The lowest BCUT2D eigenvalue weighted by Crippen LogP contribution is -2.61. The SMILES string of the molecule is O=C(c1nn(-c2ccccc2Cl)c2c1CCCC2)N1CC(O)(c2cn(-c3ccc(C(F)(F)F)cc3)nn2)C1. The highest BCUT2D eigenvalue weighted by molar-refractivity contribution is 6.32. The van der Waals surface area contributed by atoms with Crippen molar-refractivity contribution in [3.8, 4) is 11.4 Å². The zero-order valence-corrected chi connectivity index (χ0v) is 20.7. The van der Waals surface area contributed by atoms with Gasteiger partial charge < -0.3 is 10.0 Å². The summed E-state index contributed by atoms with van der Waals surface area (Å²) in [6.45, 7) is -0.0173. The number of carbonyl (C=O) groups is 1. The highest BCUT2D eigenvalue weighted by atomic mass is 35.5. The maximum Gasteiger partial charge on any atom is 0.416 e. The molecule has 6 rings (SSSR count). The number of para-hydroxylation sites is 1. The first-order valence-electron chi connectivity index (χ1n) is 12.1. The third kappa shape index (κ3) is 4.15. The van der Waals surface area contributed by atoms with Crippen LogP contribution in [0.25, 0.3) is 11.4 Å². The van der Waals surface area contributed by atoms with Gasteiger partial charge in [-0.05, 0) is 62.1 Å². The van der Waals surface area contributed by atoms with Crippen LogP contribution in [0.3, 0.4) is 0 Å². The van der Waals surface area contributed by atoms with Gasteiger partial charge in [0.15, 0.2) is 5.69 Å². The summed E-state index contributed by atoms with van der Waals surface area (Å²) in [5, 5.41) is 24.3. The monoisotopic (exact) mass is 542 g/mol. The van der Waals surface area contributed by atoms with E-state index < -0.39 is 17.3 Å². The van der Waals surface area contributed by atoms with Gasteiger partial charge in [-0.15, -0.1) is 5.10 Å². The number of likely N-dealkylation sites (tertiary alicyclic amines) is 1. The van der Waals surface area contributed by atoms with Gasteiger partial charge in [0.25, 0.3) is 5.91 Å². The summed E-state index contributed by atoms with van der Waals surface area (Å²) < 4.78 is 41.6. The molecule has 0 atom stereocenters. The maximum atomic E-state index is 13.5. The van der Waals surface area contributed by atoms with Crippen LogP contribution in [0.4, 0.5) is 13.2 Å². The van der Waals surface area contributed by atoms with Crippen molar-refractivity contribution in [1.29, 1.82) is 0 Å². The molecule has 0 bridgehead atoms. The number of alkyl halides is 3. The molecular weight excluding hydrogens is 521 g/mol. The van der Waals surface area contributed by atoms with Crippen molar-refractivity contribution in [2.75, 3.05) is 13.1 Å². The Labute approximate surface area is 220 Å². The number of amides is 1. The molecule has 0 spiro atoms. The Hall–Kier alpha value is -3.70. The van der Waals surface area contributed by atoms with Gasteiger partial charge in [-0.1, -0.05) is 28.9 Å². The maximum absolute atomic E-state index is 13.5. The molecule has 0 saturated carbocycles. The highest BCUT2D eigenvalue weighted by Crippen LogP contribution is 2.35. The summed E-state index contributed by atoms with van der Waals surface area (Å²) >= 11 is 6.42. The summed E-state index contributed by atoms with van der Waals surface area (Å²) in [6.07, 6.45) is 0.496. The molecule has 1 aliphatic carbocycles. The Kier molecular flexibility index (Phi) is 5.80. The van der Waals surface area contributed by atoms with Crippen LogP contribution in [-0.2, 0) is 24.6 Å². The second kappa shape index (κ2) is 8.95. The molecule has 2 aromatic carbocycles. The fourth-order valence-corrected chi connectivity index (χ4v) is 5.26. The number of benzene rings is 2. The molecule has 0 unspecified atom stereocenters. The highest BCUT2D eigenvalue weighted by Gasteiger charge is 2.48. The molecule has 12 heteroatoms. The number of aliphatic hydroxyl groups is 1. The Bertz CT molecular complexity index is 1520. The van der Waals surface area contributed by atoms with E-state index in [1.54, 1.807) is 10.7 Å². The first-order valence-corrected chi connectivity index (χ1v) is 12.5. The molecule has 0 radical (unpaired) electrons. The predicted molar refractivity (Wildman–Crippen MR) is 131 cm³/mol. The van der Waals surface area contributed by atoms with E-state index in [4.69, 9.17) is 11.6 Å². The minimum absolute atomic E-state index is 0.00867. The van der Waals surface area contributed by atoms with Gasteiger partial charge >= 0.3 is 6.18 Å². The van der Waals surface area contributed by atoms with Crippen molar-refractivity contribution >= 4 is 17.5 Å². The summed E-state index contributed by atoms with van der Waals surface area (Å²) in [6, 6.07) is 11.8. The van der Waals surface area contributed by atoms with Crippen LogP contribution >= 0.6 is 11.6 Å². The number of fused-ring (bicyclic) bond motifs is 1. The minimum Gasteiger partial charge on any atom is -0.380 e. The van der Waals surface area contributed by atoms with E-state index in [-0.39, 0.29) is 24.7 Å². The van der Waals surface area contributed by atoms with Gasteiger partial charge in [0.1, 0.15) is 11.3 Å². The van der Waals surface area contributed by atoms with Crippen LogP contribution < -0.4 is 0 Å². The molecule has 1 saturated heterocycles. The van der Waals surface area contributed by atoms with Crippen LogP contribution in [0.15, 0.2) is 54.7 Å². The van der Waals surface area contributed by atoms with Gasteiger partial charge in [0.2, 0.25) is 0 Å². The average molecular weight is 543 g/mol. The standard InChI is InChI=1S/C26H22ClF3N6O2/c27-19-6-2-4-8-21(19)36-20-7-3-1-5-18(20)23(32-36)24(37)34-14-25(38,15-34)22-13-35(33-31-22)17-11-9-16(10-12-17)26(28,29)30/h2,4,6,8-13,38H,1,3,5,7,14-15H2. The van der Waals surface area contributed by atoms with Crippen LogP contribution in [0, 0.1) is 0 Å². The van der Waals surface area contributed by atoms with Gasteiger partial charge in [-0.3, -0.25) is 4.79 Å². The first-order chi connectivity index (χ1) is 18.1. The summed E-state index contributed by atoms with van der Waals surface area (Å²) in [7, 11) is 0. The number of carbonyl (C=O) groups excluding carboxylic acids is 1. The van der Waals surface area contributed by atoms with E-state index in [9.17, 15) is 23.1 Å². The number of aromatic nitrogens is 5. The summed E-state index contributed by atoms with van der Waals surface area (Å²) in [4.78, 5) is 15.0. The van der Waals surface area contributed by atoms with E-state index in [0.29, 0.717) is 22.1 Å². The molecule has 2 aliphatic rings. The number of β-amino-alcohol motifs (C(OH)–C–C–N with tert-alkyl or cyclic N) is 1. The molecule has 196 valence electrons. The van der Waals surface area contributed by atoms with Crippen molar-refractivity contribution in [1.82, 2.24) is 29.7 Å². The fourth-order valence-electron chi connectivity index (χ4n) is 5.04. The van der Waals surface area contributed by atoms with Gasteiger partial charge in [0.05, 0.1) is 41.2 Å². The number of nitrogens with zero attached hydrogens (tertiary/aromatic N) is 6. The Morgan fingerprint density at radius 3 is 2.45 bits per heavy atom. The van der Waals surface area contributed by atoms with Crippen molar-refractivity contribution in [3.63, 3.8) is 0 Å². The van der Waals surface area contributed by atoms with Crippen LogP contribution in [0.5, 0.6) is 0 Å². The van der Waals surface area contributed by atoms with Crippen LogP contribution in [0.1, 0.15) is 45.8 Å². The Morgan fingerprint density at radius 2 is 1.74 bits per heavy atom. The molecule has 8 nitrogen and oxygen atoms in total. The van der Waals surface area contributed by atoms with E-state index >= 15 is 0 Å². The lowest BCUT2D eigenvalue weighted by molar-refractivity contribution is -0.137.